The second-order valence-electron chi connectivity index (χ2n) is 7.35. The number of hydrogen-bond acceptors (Lipinski definition) is 5. The molecule has 3 aromatic carbocycles. The predicted molar refractivity (Wildman–Crippen MR) is 138 cm³/mol. The number of rotatable bonds is 8. The van der Waals surface area contributed by atoms with Crippen molar-refractivity contribution < 1.29 is 18.0 Å². The molecule has 3 aromatic rings. The second-order valence-corrected chi connectivity index (χ2v) is 10.1. The van der Waals surface area contributed by atoms with Crippen LogP contribution in [-0.2, 0) is 14.8 Å². The first kappa shape index (κ1) is 25.1. The van der Waals surface area contributed by atoms with Gasteiger partial charge in [0.15, 0.2) is 0 Å². The van der Waals surface area contributed by atoms with E-state index in [9.17, 15) is 18.0 Å². The number of nitrogens with one attached hydrogen (secondary N) is 2. The number of hydrazone groups is 1. The van der Waals surface area contributed by atoms with Crippen molar-refractivity contribution in [1.82, 2.24) is 5.43 Å². The molecule has 176 valence electrons. The van der Waals surface area contributed by atoms with Crippen molar-refractivity contribution >= 4 is 54.9 Å². The zero-order valence-electron chi connectivity index (χ0n) is 18.5. The maximum atomic E-state index is 12.4. The van der Waals surface area contributed by atoms with Gasteiger partial charge in [0, 0.05) is 15.7 Å². The van der Waals surface area contributed by atoms with Crippen LogP contribution in [0.5, 0.6) is 0 Å². The van der Waals surface area contributed by atoms with Crippen LogP contribution in [0.1, 0.15) is 22.8 Å². The molecule has 0 radical (unpaired) electrons. The Morgan fingerprint density at radius 2 is 1.53 bits per heavy atom. The monoisotopic (exact) mass is 542 g/mol. The van der Waals surface area contributed by atoms with Gasteiger partial charge < -0.3 is 5.32 Å². The van der Waals surface area contributed by atoms with Gasteiger partial charge in [-0.15, -0.1) is 0 Å². The first-order valence-electron chi connectivity index (χ1n) is 10.2. The Hall–Kier alpha value is -3.50. The topological polar surface area (TPSA) is 108 Å². The highest BCUT2D eigenvalue weighted by Gasteiger charge is 2.22. The van der Waals surface area contributed by atoms with Gasteiger partial charge >= 0.3 is 0 Å². The molecule has 0 aliphatic carbocycles. The molecule has 0 unspecified atom stereocenters. The fourth-order valence-corrected chi connectivity index (χ4v) is 4.48. The van der Waals surface area contributed by atoms with Crippen molar-refractivity contribution in [3.8, 4) is 0 Å². The molecule has 0 heterocycles. The van der Waals surface area contributed by atoms with Gasteiger partial charge in [-0.25, -0.2) is 13.8 Å². The number of amides is 2. The lowest BCUT2D eigenvalue weighted by Crippen LogP contribution is -2.39. The maximum Gasteiger partial charge on any atom is 0.260 e. The summed E-state index contributed by atoms with van der Waals surface area (Å²) < 4.78 is 26.0. The molecule has 0 atom stereocenters. The van der Waals surface area contributed by atoms with Crippen LogP contribution in [0.25, 0.3) is 0 Å². The summed E-state index contributed by atoms with van der Waals surface area (Å²) in [6.45, 7) is 1.28. The summed E-state index contributed by atoms with van der Waals surface area (Å²) in [5.41, 5.74) is 5.17. The molecule has 2 N–H and O–H groups in total. The first-order valence-corrected chi connectivity index (χ1v) is 12.8. The summed E-state index contributed by atoms with van der Waals surface area (Å²) in [7, 11) is -3.70. The van der Waals surface area contributed by atoms with E-state index in [1.165, 1.54) is 0 Å². The number of carbonyl (C=O) groups excluding carboxylic acids is 2. The van der Waals surface area contributed by atoms with E-state index in [0.717, 1.165) is 16.1 Å². The van der Waals surface area contributed by atoms with Crippen LogP contribution >= 0.6 is 15.9 Å². The van der Waals surface area contributed by atoms with Crippen LogP contribution in [-0.4, -0.2) is 38.7 Å². The molecule has 0 bridgehead atoms. The molecule has 8 nitrogen and oxygen atoms in total. The average molecular weight is 543 g/mol. The number of halogens is 1. The molecule has 0 spiro atoms. The van der Waals surface area contributed by atoms with Crippen molar-refractivity contribution in [2.24, 2.45) is 5.10 Å². The number of hydrogen-bond donors (Lipinski definition) is 2. The minimum absolute atomic E-state index is 0.216. The number of benzene rings is 3. The maximum absolute atomic E-state index is 12.4. The number of carbonyl (C=O) groups is 2. The molecular weight excluding hydrogens is 520 g/mol. The highest BCUT2D eigenvalue weighted by molar-refractivity contribution is 9.10. The van der Waals surface area contributed by atoms with Crippen molar-refractivity contribution in [1.29, 1.82) is 0 Å². The van der Waals surface area contributed by atoms with E-state index >= 15 is 0 Å². The first-order chi connectivity index (χ1) is 16.1. The van der Waals surface area contributed by atoms with Crippen LogP contribution < -0.4 is 15.0 Å². The predicted octanol–water partition coefficient (Wildman–Crippen LogP) is 4.01. The Labute approximate surface area is 206 Å². The fourth-order valence-electron chi connectivity index (χ4n) is 3.00. The lowest BCUT2D eigenvalue weighted by molar-refractivity contribution is -0.119. The molecule has 10 heteroatoms. The third kappa shape index (κ3) is 6.75. The molecule has 3 rings (SSSR count). The van der Waals surface area contributed by atoms with E-state index in [1.54, 1.807) is 79.7 Å². The van der Waals surface area contributed by atoms with E-state index in [-0.39, 0.29) is 5.91 Å². The Kier molecular flexibility index (Phi) is 8.19. The largest absolute Gasteiger partial charge is 0.322 e. The smallest absolute Gasteiger partial charge is 0.260 e. The zero-order chi connectivity index (χ0) is 24.7. The van der Waals surface area contributed by atoms with Crippen LogP contribution in [0.4, 0.5) is 11.4 Å². The van der Waals surface area contributed by atoms with E-state index in [1.807, 2.05) is 6.07 Å². The van der Waals surface area contributed by atoms with Gasteiger partial charge in [-0.2, -0.15) is 5.10 Å². The zero-order valence-corrected chi connectivity index (χ0v) is 20.9. The molecule has 34 heavy (non-hydrogen) atoms. The molecule has 2 amide bonds. The second kappa shape index (κ2) is 11.1. The van der Waals surface area contributed by atoms with E-state index < -0.39 is 22.5 Å². The lowest BCUT2D eigenvalue weighted by atomic mass is 10.1. The molecule has 0 aromatic heterocycles. The number of anilines is 2. The Morgan fingerprint density at radius 1 is 0.912 bits per heavy atom. The van der Waals surface area contributed by atoms with Gasteiger partial charge in [0.1, 0.15) is 6.54 Å². The number of nitrogens with zero attached hydrogens (tertiary/aromatic N) is 2. The van der Waals surface area contributed by atoms with Crippen LogP contribution in [0, 0.1) is 0 Å². The fraction of sp³-hybridized carbons (Fsp3) is 0.125. The normalized spacial score (nSPS) is 11.6. The van der Waals surface area contributed by atoms with Crippen molar-refractivity contribution in [2.75, 3.05) is 22.4 Å². The molecule has 0 saturated carbocycles. The van der Waals surface area contributed by atoms with Crippen molar-refractivity contribution in [3.05, 3.63) is 94.5 Å². The van der Waals surface area contributed by atoms with Crippen LogP contribution in [0.2, 0.25) is 0 Å². The highest BCUT2D eigenvalue weighted by Crippen LogP contribution is 2.27. The summed E-state index contributed by atoms with van der Waals surface area (Å²) in [5.74, 6) is -0.807. The van der Waals surface area contributed by atoms with E-state index in [4.69, 9.17) is 0 Å². The number of sulfonamides is 1. The Balaban J connectivity index is 1.64. The third-order valence-electron chi connectivity index (χ3n) is 4.75. The van der Waals surface area contributed by atoms with Crippen molar-refractivity contribution in [2.45, 2.75) is 6.92 Å². The average Bonchev–Trinajstić information content (AvgIpc) is 2.82. The van der Waals surface area contributed by atoms with Gasteiger partial charge in [0.05, 0.1) is 17.7 Å². The van der Waals surface area contributed by atoms with Crippen LogP contribution in [0.15, 0.2) is 88.4 Å². The Bertz CT molecular complexity index is 1310. The molecule has 0 aliphatic heterocycles. The molecule has 0 saturated heterocycles. The lowest BCUT2D eigenvalue weighted by Gasteiger charge is -2.22. The quantitative estimate of drug-likeness (QED) is 0.331. The van der Waals surface area contributed by atoms with Gasteiger partial charge in [-0.05, 0) is 64.8 Å². The Morgan fingerprint density at radius 3 is 2.15 bits per heavy atom. The standard InChI is InChI=1S/C24H23BrN4O4S/c1-17(18-12-14-20(15-13-18)26-24(31)19-8-4-3-5-9-19)27-28-23(30)16-29(34(2,32)33)22-11-7-6-10-21(22)25/h3-15H,16H2,1-2H3,(H,26,31)(H,28,30)/b27-17-. The summed E-state index contributed by atoms with van der Waals surface area (Å²) >= 11 is 3.31. The summed E-state index contributed by atoms with van der Waals surface area (Å²) in [4.78, 5) is 24.7. The van der Waals surface area contributed by atoms with Gasteiger partial charge in [0.2, 0.25) is 10.0 Å². The minimum Gasteiger partial charge on any atom is -0.322 e. The number of para-hydroxylation sites is 1. The van der Waals surface area contributed by atoms with Gasteiger partial charge in [-0.3, -0.25) is 13.9 Å². The molecular formula is C24H23BrN4O4S. The van der Waals surface area contributed by atoms with Gasteiger partial charge in [-0.1, -0.05) is 42.5 Å². The third-order valence-corrected chi connectivity index (χ3v) is 6.55. The summed E-state index contributed by atoms with van der Waals surface area (Å²) in [6.07, 6.45) is 1.03. The van der Waals surface area contributed by atoms with E-state index in [0.29, 0.717) is 27.1 Å². The SMILES string of the molecule is C/C(=N/NC(=O)CN(c1ccccc1Br)S(C)(=O)=O)c1ccc(NC(=O)c2ccccc2)cc1. The van der Waals surface area contributed by atoms with Crippen molar-refractivity contribution in [3.63, 3.8) is 0 Å². The molecule has 0 aliphatic rings. The van der Waals surface area contributed by atoms with E-state index in [2.05, 4.69) is 31.8 Å². The van der Waals surface area contributed by atoms with Crippen LogP contribution in [0.3, 0.4) is 0 Å². The summed E-state index contributed by atoms with van der Waals surface area (Å²) in [5, 5.41) is 6.90. The summed E-state index contributed by atoms with van der Waals surface area (Å²) in [6, 6.07) is 22.6. The van der Waals surface area contributed by atoms with Gasteiger partial charge in [0.25, 0.3) is 11.8 Å². The minimum atomic E-state index is -3.70. The molecule has 0 fully saturated rings. The highest BCUT2D eigenvalue weighted by atomic mass is 79.9.